The molecule has 0 fully saturated rings. The molecule has 5 heteroatoms. The van der Waals surface area contributed by atoms with E-state index in [9.17, 15) is 0 Å². The summed E-state index contributed by atoms with van der Waals surface area (Å²) in [6, 6.07) is 5.94. The molecule has 22 heavy (non-hydrogen) atoms. The molecule has 0 amide bonds. The van der Waals surface area contributed by atoms with E-state index in [1.54, 1.807) is 30.2 Å². The number of nitrogens with zero attached hydrogens (tertiary/aromatic N) is 1. The van der Waals surface area contributed by atoms with Crippen LogP contribution in [0.2, 0.25) is 0 Å². The van der Waals surface area contributed by atoms with Crippen LogP contribution in [0.4, 0.5) is 0 Å². The molecule has 3 nitrogen and oxygen atoms in total. The van der Waals surface area contributed by atoms with E-state index in [0.29, 0.717) is 6.61 Å². The fourth-order valence-electron chi connectivity index (χ4n) is 1.69. The maximum atomic E-state index is 6.03. The van der Waals surface area contributed by atoms with Gasteiger partial charge in [0.25, 0.3) is 0 Å². The van der Waals surface area contributed by atoms with Gasteiger partial charge in [-0.2, -0.15) is 0 Å². The highest BCUT2D eigenvalue weighted by Crippen LogP contribution is 2.39. The van der Waals surface area contributed by atoms with E-state index >= 15 is 0 Å². The molecular formula is C17H23NO2S2. The molecule has 0 aliphatic heterocycles. The van der Waals surface area contributed by atoms with Gasteiger partial charge in [-0.3, -0.25) is 0 Å². The average molecular weight is 338 g/mol. The molecule has 0 atom stereocenters. The van der Waals surface area contributed by atoms with Crippen molar-refractivity contribution in [2.45, 2.75) is 43.9 Å². The number of aryl methyl sites for hydroxylation is 2. The topological polar surface area (TPSA) is 31.4 Å². The van der Waals surface area contributed by atoms with Crippen molar-refractivity contribution in [3.8, 4) is 11.5 Å². The second-order valence-electron chi connectivity index (χ2n) is 6.39. The van der Waals surface area contributed by atoms with E-state index in [1.165, 1.54) is 4.88 Å². The van der Waals surface area contributed by atoms with E-state index in [4.69, 9.17) is 9.47 Å². The van der Waals surface area contributed by atoms with Crippen LogP contribution in [0.25, 0.3) is 0 Å². The maximum absolute atomic E-state index is 6.03. The lowest BCUT2D eigenvalue weighted by molar-refractivity contribution is 0.193. The predicted octanol–water partition coefficient (Wildman–Crippen LogP) is 5.34. The van der Waals surface area contributed by atoms with Crippen molar-refractivity contribution in [3.63, 3.8) is 0 Å². The smallest absolute Gasteiger partial charge is 0.155 e. The van der Waals surface area contributed by atoms with Gasteiger partial charge in [-0.15, -0.1) is 11.3 Å². The van der Waals surface area contributed by atoms with Crippen molar-refractivity contribution < 1.29 is 9.47 Å². The van der Waals surface area contributed by atoms with Crippen molar-refractivity contribution in [1.82, 2.24) is 4.98 Å². The minimum absolute atomic E-state index is 0.110. The van der Waals surface area contributed by atoms with Crippen molar-refractivity contribution in [3.05, 3.63) is 28.8 Å². The SMILES string of the molecule is COc1ccc(Sc2nc(C)c(C)s2)c(OCC(C)(C)C)c1. The fraction of sp³-hybridized carbons (Fsp3) is 0.471. The van der Waals surface area contributed by atoms with Crippen LogP contribution in [0.3, 0.4) is 0 Å². The van der Waals surface area contributed by atoms with Crippen LogP contribution >= 0.6 is 23.1 Å². The first kappa shape index (κ1) is 17.2. The number of ether oxygens (including phenoxy) is 2. The average Bonchev–Trinajstić information content (AvgIpc) is 2.75. The van der Waals surface area contributed by atoms with Crippen LogP contribution in [0.15, 0.2) is 27.4 Å². The molecule has 0 aliphatic rings. The number of aromatic nitrogens is 1. The molecule has 2 rings (SSSR count). The van der Waals surface area contributed by atoms with Crippen molar-refractivity contribution in [1.29, 1.82) is 0 Å². The molecule has 0 unspecified atom stereocenters. The summed E-state index contributed by atoms with van der Waals surface area (Å²) in [7, 11) is 1.67. The number of hydrogen-bond acceptors (Lipinski definition) is 5. The van der Waals surface area contributed by atoms with Crippen LogP contribution in [-0.2, 0) is 0 Å². The third-order valence-electron chi connectivity index (χ3n) is 3.02. The summed E-state index contributed by atoms with van der Waals surface area (Å²) in [5.74, 6) is 1.66. The normalized spacial score (nSPS) is 11.5. The van der Waals surface area contributed by atoms with Gasteiger partial charge in [-0.25, -0.2) is 4.98 Å². The van der Waals surface area contributed by atoms with E-state index < -0.39 is 0 Å². The van der Waals surface area contributed by atoms with Crippen molar-refractivity contribution in [2.75, 3.05) is 13.7 Å². The summed E-state index contributed by atoms with van der Waals surface area (Å²) in [4.78, 5) is 6.92. The highest BCUT2D eigenvalue weighted by Gasteiger charge is 2.15. The Kier molecular flexibility index (Phi) is 5.40. The van der Waals surface area contributed by atoms with Gasteiger partial charge in [-0.05, 0) is 31.4 Å². The molecule has 1 heterocycles. The fourth-order valence-corrected chi connectivity index (χ4v) is 3.86. The maximum Gasteiger partial charge on any atom is 0.155 e. The minimum Gasteiger partial charge on any atom is -0.497 e. The number of benzene rings is 1. The molecule has 0 aliphatic carbocycles. The third-order valence-corrected chi connectivity index (χ3v) is 5.21. The molecule has 2 aromatic rings. The van der Waals surface area contributed by atoms with Gasteiger partial charge >= 0.3 is 0 Å². The van der Waals surface area contributed by atoms with Gasteiger partial charge in [0, 0.05) is 10.9 Å². The lowest BCUT2D eigenvalue weighted by Gasteiger charge is -2.20. The first-order valence-electron chi connectivity index (χ1n) is 7.21. The van der Waals surface area contributed by atoms with E-state index in [0.717, 1.165) is 26.4 Å². The molecule has 0 bridgehead atoms. The molecule has 1 aromatic heterocycles. The van der Waals surface area contributed by atoms with Crippen LogP contribution in [0, 0.1) is 19.3 Å². The van der Waals surface area contributed by atoms with Gasteiger partial charge in [0.15, 0.2) is 4.34 Å². The zero-order valence-electron chi connectivity index (χ0n) is 14.0. The summed E-state index contributed by atoms with van der Waals surface area (Å²) < 4.78 is 12.4. The molecule has 0 N–H and O–H groups in total. The van der Waals surface area contributed by atoms with Gasteiger partial charge in [0.1, 0.15) is 11.5 Å². The Balaban J connectivity index is 2.25. The largest absolute Gasteiger partial charge is 0.497 e. The number of hydrogen-bond donors (Lipinski definition) is 0. The number of thiazole rings is 1. The molecule has 1 aromatic carbocycles. The Morgan fingerprint density at radius 1 is 1.23 bits per heavy atom. The lowest BCUT2D eigenvalue weighted by Crippen LogP contribution is -2.17. The van der Waals surface area contributed by atoms with Gasteiger partial charge in [0.05, 0.1) is 24.3 Å². The number of methoxy groups -OCH3 is 1. The quantitative estimate of drug-likeness (QED) is 0.736. The zero-order chi connectivity index (χ0) is 16.3. The van der Waals surface area contributed by atoms with Gasteiger partial charge in [-0.1, -0.05) is 32.5 Å². The van der Waals surface area contributed by atoms with E-state index in [2.05, 4.69) is 32.7 Å². The minimum atomic E-state index is 0.110. The summed E-state index contributed by atoms with van der Waals surface area (Å²) in [5.41, 5.74) is 1.21. The highest BCUT2D eigenvalue weighted by atomic mass is 32.2. The summed E-state index contributed by atoms with van der Waals surface area (Å²) in [5, 5.41) is 0. The third kappa shape index (κ3) is 4.65. The molecular weight excluding hydrogens is 314 g/mol. The standard InChI is InChI=1S/C17H23NO2S2/c1-11-12(2)21-16(18-11)22-15-8-7-13(19-6)9-14(15)20-10-17(3,4)5/h7-9H,10H2,1-6H3. The molecule has 0 saturated heterocycles. The Bertz CT molecular complexity index is 625. The Morgan fingerprint density at radius 3 is 2.50 bits per heavy atom. The van der Waals surface area contributed by atoms with E-state index in [-0.39, 0.29) is 5.41 Å². The highest BCUT2D eigenvalue weighted by molar-refractivity contribution is 8.01. The van der Waals surface area contributed by atoms with Crippen LogP contribution in [0.5, 0.6) is 11.5 Å². The van der Waals surface area contributed by atoms with Gasteiger partial charge < -0.3 is 9.47 Å². The summed E-state index contributed by atoms with van der Waals surface area (Å²) >= 11 is 3.36. The van der Waals surface area contributed by atoms with Crippen LogP contribution < -0.4 is 9.47 Å². The Morgan fingerprint density at radius 2 is 1.95 bits per heavy atom. The Hall–Kier alpha value is -1.20. The predicted molar refractivity (Wildman–Crippen MR) is 93.7 cm³/mol. The molecule has 0 radical (unpaired) electrons. The van der Waals surface area contributed by atoms with Crippen molar-refractivity contribution >= 4 is 23.1 Å². The Labute approximate surface area is 141 Å². The molecule has 120 valence electrons. The lowest BCUT2D eigenvalue weighted by atomic mass is 9.99. The molecule has 0 saturated carbocycles. The monoisotopic (exact) mass is 337 g/mol. The number of rotatable bonds is 5. The van der Waals surface area contributed by atoms with Crippen LogP contribution in [0.1, 0.15) is 31.3 Å². The van der Waals surface area contributed by atoms with Crippen molar-refractivity contribution in [2.24, 2.45) is 5.41 Å². The summed E-state index contributed by atoms with van der Waals surface area (Å²) in [6.45, 7) is 11.3. The molecule has 0 spiro atoms. The zero-order valence-corrected chi connectivity index (χ0v) is 15.7. The van der Waals surface area contributed by atoms with Crippen LogP contribution in [-0.4, -0.2) is 18.7 Å². The summed E-state index contributed by atoms with van der Waals surface area (Å²) in [6.07, 6.45) is 0. The van der Waals surface area contributed by atoms with E-state index in [1.807, 2.05) is 25.1 Å². The second-order valence-corrected chi connectivity index (χ2v) is 8.88. The first-order valence-corrected chi connectivity index (χ1v) is 8.84. The first-order chi connectivity index (χ1) is 10.3. The second kappa shape index (κ2) is 6.92. The van der Waals surface area contributed by atoms with Gasteiger partial charge in [0.2, 0.25) is 0 Å².